The average Bonchev–Trinajstić information content (AvgIpc) is 3.62. The van der Waals surface area contributed by atoms with Crippen molar-refractivity contribution in [2.75, 3.05) is 37.7 Å². The lowest BCUT2D eigenvalue weighted by molar-refractivity contribution is -0.152. The van der Waals surface area contributed by atoms with Crippen molar-refractivity contribution in [3.63, 3.8) is 0 Å². The number of aliphatic hydroxyl groups is 1. The summed E-state index contributed by atoms with van der Waals surface area (Å²) < 4.78 is 12.2. The van der Waals surface area contributed by atoms with Gasteiger partial charge in [-0.3, -0.25) is 14.4 Å². The summed E-state index contributed by atoms with van der Waals surface area (Å²) in [7, 11) is 0. The number of nitrogens with zero attached hydrogens (tertiary/aromatic N) is 3. The van der Waals surface area contributed by atoms with Crippen molar-refractivity contribution >= 4 is 23.4 Å². The second kappa shape index (κ2) is 13.4. The predicted octanol–water partition coefficient (Wildman–Crippen LogP) is 3.81. The highest BCUT2D eigenvalue weighted by molar-refractivity contribution is 6.03. The zero-order valence-corrected chi connectivity index (χ0v) is 25.5. The Balaban J connectivity index is 1.76. The number of anilines is 1. The third-order valence-electron chi connectivity index (χ3n) is 9.05. The molecule has 0 saturated carbocycles. The van der Waals surface area contributed by atoms with E-state index in [9.17, 15) is 19.5 Å². The van der Waals surface area contributed by atoms with Crippen LogP contribution in [-0.2, 0) is 19.1 Å². The summed E-state index contributed by atoms with van der Waals surface area (Å²) >= 11 is 0. The van der Waals surface area contributed by atoms with Crippen molar-refractivity contribution in [3.05, 3.63) is 49.6 Å². The van der Waals surface area contributed by atoms with E-state index in [2.05, 4.69) is 20.1 Å². The molecule has 2 unspecified atom stereocenters. The summed E-state index contributed by atoms with van der Waals surface area (Å²) in [5, 5.41) is 10.5. The zero-order chi connectivity index (χ0) is 30.6. The first-order chi connectivity index (χ1) is 20.2. The van der Waals surface area contributed by atoms with Gasteiger partial charge in [-0.05, 0) is 56.4 Å². The Labute approximate surface area is 250 Å². The third-order valence-corrected chi connectivity index (χ3v) is 9.05. The van der Waals surface area contributed by atoms with Crippen molar-refractivity contribution in [2.24, 2.45) is 17.8 Å². The molecule has 0 radical (unpaired) electrons. The van der Waals surface area contributed by atoms with Crippen LogP contribution >= 0.6 is 0 Å². The first-order valence-electron chi connectivity index (χ1n) is 15.4. The largest absolute Gasteiger partial charge is 0.494 e. The molecule has 1 aromatic rings. The molecule has 230 valence electrons. The summed E-state index contributed by atoms with van der Waals surface area (Å²) in [6, 6.07) is 5.78. The maximum absolute atomic E-state index is 14.5. The van der Waals surface area contributed by atoms with Crippen molar-refractivity contribution in [3.8, 4) is 5.75 Å². The number of likely N-dealkylation sites (tertiary alicyclic amines) is 1. The van der Waals surface area contributed by atoms with Gasteiger partial charge in [-0.25, -0.2) is 0 Å². The van der Waals surface area contributed by atoms with Crippen LogP contribution in [0.3, 0.4) is 0 Å². The number of rotatable bonds is 15. The number of ether oxygens (including phenoxy) is 2. The predicted molar refractivity (Wildman–Crippen MR) is 162 cm³/mol. The number of aliphatic hydroxyl groups excluding tert-OH is 1. The summed E-state index contributed by atoms with van der Waals surface area (Å²) in [5.41, 5.74) is -0.464. The standard InChI is InChI=1S/C33H47N3O6/c1-7-11-20-34(18-8-2)32(40)29-33-17-16-26(42-33)27(28(33)31(39)36(29)25(21-37)22(5)6)30(38)35(19-9-3)23-12-14-24(15-13-23)41-10-4/h8-9,12-15,22,25-29,37H,2-3,7,10-11,16-21H2,1,4-6H3/t25-,26+,27-,28-,29?,33?/m0/s1. The molecule has 9 nitrogen and oxygen atoms in total. The molecule has 3 heterocycles. The van der Waals surface area contributed by atoms with Crippen LogP contribution in [0.1, 0.15) is 53.4 Å². The van der Waals surface area contributed by atoms with Gasteiger partial charge in [0.15, 0.2) is 0 Å². The molecule has 6 atom stereocenters. The van der Waals surface area contributed by atoms with Crippen LogP contribution in [-0.4, -0.2) is 89.3 Å². The molecular weight excluding hydrogens is 534 g/mol. The van der Waals surface area contributed by atoms with Gasteiger partial charge >= 0.3 is 0 Å². The fourth-order valence-corrected chi connectivity index (χ4v) is 7.12. The van der Waals surface area contributed by atoms with E-state index >= 15 is 0 Å². The Morgan fingerprint density at radius 3 is 2.43 bits per heavy atom. The monoisotopic (exact) mass is 581 g/mol. The van der Waals surface area contributed by atoms with Crippen LogP contribution in [0.4, 0.5) is 5.69 Å². The molecule has 3 fully saturated rings. The molecule has 0 aromatic heterocycles. The number of fused-ring (bicyclic) bond motifs is 1. The molecule has 1 N–H and O–H groups in total. The summed E-state index contributed by atoms with van der Waals surface area (Å²) in [6.07, 6.45) is 5.68. The Bertz CT molecular complexity index is 1150. The maximum atomic E-state index is 14.5. The van der Waals surface area contributed by atoms with E-state index in [4.69, 9.17) is 9.47 Å². The number of amides is 3. The van der Waals surface area contributed by atoms with Gasteiger partial charge in [-0.2, -0.15) is 0 Å². The van der Waals surface area contributed by atoms with E-state index in [0.29, 0.717) is 44.0 Å². The minimum atomic E-state index is -1.13. The quantitative estimate of drug-likeness (QED) is 0.316. The topological polar surface area (TPSA) is 99.6 Å². The Morgan fingerprint density at radius 2 is 1.86 bits per heavy atom. The lowest BCUT2D eigenvalue weighted by atomic mass is 9.70. The number of carbonyl (C=O) groups excluding carboxylic acids is 3. The molecule has 1 spiro atoms. The number of hydrogen-bond donors (Lipinski definition) is 1. The van der Waals surface area contributed by atoms with Crippen LogP contribution in [0.5, 0.6) is 5.75 Å². The normalized spacial score (nSPS) is 26.7. The molecule has 3 aliphatic heterocycles. The fourth-order valence-electron chi connectivity index (χ4n) is 7.12. The van der Waals surface area contributed by atoms with Crippen molar-refractivity contribution in [1.82, 2.24) is 9.80 Å². The van der Waals surface area contributed by atoms with Gasteiger partial charge in [0, 0.05) is 25.3 Å². The Hall–Kier alpha value is -3.17. The van der Waals surface area contributed by atoms with Crippen LogP contribution in [0.2, 0.25) is 0 Å². The number of hydrogen-bond acceptors (Lipinski definition) is 6. The van der Waals surface area contributed by atoms with Crippen LogP contribution < -0.4 is 9.64 Å². The van der Waals surface area contributed by atoms with Gasteiger partial charge in [0.05, 0.1) is 37.2 Å². The van der Waals surface area contributed by atoms with E-state index in [0.717, 1.165) is 12.8 Å². The molecule has 3 saturated heterocycles. The minimum absolute atomic E-state index is 0.111. The Morgan fingerprint density at radius 1 is 1.17 bits per heavy atom. The average molecular weight is 582 g/mol. The molecule has 9 heteroatoms. The first kappa shape index (κ1) is 31.8. The molecule has 3 amide bonds. The van der Waals surface area contributed by atoms with E-state index in [1.807, 2.05) is 45.0 Å². The number of benzene rings is 1. The third kappa shape index (κ3) is 5.49. The van der Waals surface area contributed by atoms with E-state index in [-0.39, 0.29) is 36.8 Å². The van der Waals surface area contributed by atoms with Crippen molar-refractivity contribution in [1.29, 1.82) is 0 Å². The van der Waals surface area contributed by atoms with Crippen LogP contribution in [0, 0.1) is 17.8 Å². The molecule has 4 rings (SSSR count). The summed E-state index contributed by atoms with van der Waals surface area (Å²) in [5.74, 6) is -1.71. The highest BCUT2D eigenvalue weighted by Crippen LogP contribution is 2.59. The summed E-state index contributed by atoms with van der Waals surface area (Å²) in [6.45, 7) is 16.9. The highest BCUT2D eigenvalue weighted by Gasteiger charge is 2.75. The van der Waals surface area contributed by atoms with Crippen molar-refractivity contribution in [2.45, 2.75) is 77.2 Å². The van der Waals surface area contributed by atoms with Gasteiger partial charge in [-0.1, -0.05) is 39.3 Å². The van der Waals surface area contributed by atoms with Gasteiger partial charge in [0.2, 0.25) is 17.7 Å². The van der Waals surface area contributed by atoms with E-state index in [1.165, 1.54) is 0 Å². The smallest absolute Gasteiger partial charge is 0.248 e. The van der Waals surface area contributed by atoms with E-state index in [1.54, 1.807) is 26.9 Å². The van der Waals surface area contributed by atoms with Crippen LogP contribution in [0.15, 0.2) is 49.6 Å². The molecule has 3 aliphatic rings. The molecule has 42 heavy (non-hydrogen) atoms. The van der Waals surface area contributed by atoms with Gasteiger partial charge < -0.3 is 29.3 Å². The second-order valence-corrected chi connectivity index (χ2v) is 11.9. The molecule has 2 bridgehead atoms. The Kier molecular flexibility index (Phi) is 10.1. The van der Waals surface area contributed by atoms with Gasteiger partial charge in [0.25, 0.3) is 0 Å². The number of unbranched alkanes of at least 4 members (excludes halogenated alkanes) is 1. The maximum Gasteiger partial charge on any atom is 0.248 e. The molecule has 1 aromatic carbocycles. The molecular formula is C33H47N3O6. The molecule has 0 aliphatic carbocycles. The van der Waals surface area contributed by atoms with Crippen molar-refractivity contribution < 1.29 is 29.0 Å². The van der Waals surface area contributed by atoms with Gasteiger partial charge in [-0.15, -0.1) is 13.2 Å². The highest BCUT2D eigenvalue weighted by atomic mass is 16.5. The zero-order valence-electron chi connectivity index (χ0n) is 25.5. The second-order valence-electron chi connectivity index (χ2n) is 11.9. The summed E-state index contributed by atoms with van der Waals surface area (Å²) in [4.78, 5) is 48.2. The van der Waals surface area contributed by atoms with Crippen LogP contribution in [0.25, 0.3) is 0 Å². The lowest BCUT2D eigenvalue weighted by Gasteiger charge is -2.40. The fraction of sp³-hybridized carbons (Fsp3) is 0.606. The van der Waals surface area contributed by atoms with E-state index < -0.39 is 35.6 Å². The number of carbonyl (C=O) groups is 3. The van der Waals surface area contributed by atoms with Gasteiger partial charge in [0.1, 0.15) is 17.4 Å². The minimum Gasteiger partial charge on any atom is -0.494 e. The first-order valence-corrected chi connectivity index (χ1v) is 15.4. The lowest BCUT2D eigenvalue weighted by Crippen LogP contribution is -2.59. The SMILES string of the molecule is C=CCN(CCCC)C(=O)C1N([C@@H](CO)C(C)C)C(=O)[C@@H]2[C@@H](C(=O)N(CC=C)c3ccc(OCC)cc3)[C@H]3CCC12O3.